The third-order valence-corrected chi connectivity index (χ3v) is 4.48. The maximum absolute atomic E-state index is 12.6. The molecule has 2 rings (SSSR count). The highest BCUT2D eigenvalue weighted by Crippen LogP contribution is 2.27. The number of nitrogens with one attached hydrogen (secondary N) is 2. The van der Waals surface area contributed by atoms with Gasteiger partial charge in [-0.25, -0.2) is 0 Å². The van der Waals surface area contributed by atoms with E-state index in [0.29, 0.717) is 17.0 Å². The molecule has 1 fully saturated rings. The molecule has 152 valence electrons. The summed E-state index contributed by atoms with van der Waals surface area (Å²) in [6.07, 6.45) is -0.187. The van der Waals surface area contributed by atoms with Crippen molar-refractivity contribution >= 4 is 18.3 Å². The van der Waals surface area contributed by atoms with Crippen molar-refractivity contribution in [3.63, 3.8) is 0 Å². The highest BCUT2D eigenvalue weighted by atomic mass is 19.4. The van der Waals surface area contributed by atoms with Gasteiger partial charge < -0.3 is 10.6 Å². The summed E-state index contributed by atoms with van der Waals surface area (Å²) in [7, 11) is 1.51. The number of carbonyl (C=O) groups is 1. The Labute approximate surface area is 162 Å². The molecule has 0 saturated carbocycles. The zero-order chi connectivity index (χ0) is 20.9. The molecule has 2 heterocycles. The lowest BCUT2D eigenvalue weighted by Gasteiger charge is -2.19. The summed E-state index contributed by atoms with van der Waals surface area (Å²) in [6.45, 7) is 7.70. The van der Waals surface area contributed by atoms with Crippen molar-refractivity contribution in [2.75, 3.05) is 13.6 Å². The van der Waals surface area contributed by atoms with Crippen LogP contribution in [0.4, 0.5) is 13.2 Å². The van der Waals surface area contributed by atoms with Gasteiger partial charge in [-0.15, -0.1) is 0 Å². The van der Waals surface area contributed by atoms with Crippen molar-refractivity contribution in [1.82, 2.24) is 15.6 Å². The third kappa shape index (κ3) is 5.72. The number of aromatic nitrogens is 1. The second-order valence-electron chi connectivity index (χ2n) is 7.17. The van der Waals surface area contributed by atoms with E-state index in [4.69, 9.17) is 0 Å². The predicted molar refractivity (Wildman–Crippen MR) is 103 cm³/mol. The van der Waals surface area contributed by atoms with Crippen molar-refractivity contribution < 1.29 is 18.0 Å². The van der Waals surface area contributed by atoms with E-state index in [1.54, 1.807) is 6.08 Å². The summed E-state index contributed by atoms with van der Waals surface area (Å²) in [4.78, 5) is 23.7. The standard InChI is InChI=1S/C19H24F3N5O/c1-18(2)8-7-14(27-18)17(28)26-11-13(23-3)9-15(24-4)12-5-6-16(25-10-12)19(20,21)22/h5-6,9-10,14,27H,3,7-8,11H2,1-2,4H3,(H,26,28)/b13-9-,24-15?/t14-/m0/s1. The first-order valence-corrected chi connectivity index (χ1v) is 8.79. The summed E-state index contributed by atoms with van der Waals surface area (Å²) >= 11 is 0. The Balaban J connectivity index is 2.05. The number of nitrogens with zero attached hydrogens (tertiary/aromatic N) is 3. The topological polar surface area (TPSA) is 78.7 Å². The summed E-state index contributed by atoms with van der Waals surface area (Å²) in [5.41, 5.74) is 0.179. The number of carbonyl (C=O) groups excluding carboxylic acids is 1. The zero-order valence-electron chi connectivity index (χ0n) is 16.1. The number of halogens is 3. The van der Waals surface area contributed by atoms with Gasteiger partial charge in [0.25, 0.3) is 0 Å². The van der Waals surface area contributed by atoms with E-state index >= 15 is 0 Å². The summed E-state index contributed by atoms with van der Waals surface area (Å²) in [5.74, 6) is -0.133. The maximum Gasteiger partial charge on any atom is 0.433 e. The van der Waals surface area contributed by atoms with E-state index in [2.05, 4.69) is 32.3 Å². The second kappa shape index (κ2) is 8.64. The molecule has 0 aliphatic carbocycles. The largest absolute Gasteiger partial charge is 0.433 e. The van der Waals surface area contributed by atoms with Crippen LogP contribution in [0.5, 0.6) is 0 Å². The fraction of sp³-hybridized carbons (Fsp3) is 0.474. The lowest BCUT2D eigenvalue weighted by Crippen LogP contribution is -2.46. The number of amides is 1. The molecule has 1 amide bonds. The van der Waals surface area contributed by atoms with Crippen LogP contribution in [0.2, 0.25) is 0 Å². The number of hydrogen-bond acceptors (Lipinski definition) is 5. The fourth-order valence-electron chi connectivity index (χ4n) is 2.92. The Morgan fingerprint density at radius 1 is 1.46 bits per heavy atom. The van der Waals surface area contributed by atoms with Crippen LogP contribution in [0.1, 0.15) is 37.9 Å². The molecule has 1 aromatic heterocycles. The molecule has 0 unspecified atom stereocenters. The maximum atomic E-state index is 12.6. The summed E-state index contributed by atoms with van der Waals surface area (Å²) in [5, 5.41) is 6.07. The van der Waals surface area contributed by atoms with Crippen molar-refractivity contribution in [3.8, 4) is 0 Å². The molecular weight excluding hydrogens is 371 g/mol. The number of allylic oxidation sites excluding steroid dienone is 1. The monoisotopic (exact) mass is 395 g/mol. The number of alkyl halides is 3. The van der Waals surface area contributed by atoms with Gasteiger partial charge in [-0.3, -0.25) is 19.8 Å². The first kappa shape index (κ1) is 21.7. The first-order chi connectivity index (χ1) is 13.1. The molecule has 0 spiro atoms. The fourth-order valence-corrected chi connectivity index (χ4v) is 2.92. The van der Waals surface area contributed by atoms with E-state index in [-0.39, 0.29) is 24.0 Å². The quantitative estimate of drug-likeness (QED) is 0.727. The van der Waals surface area contributed by atoms with Gasteiger partial charge in [0.2, 0.25) is 5.91 Å². The van der Waals surface area contributed by atoms with Gasteiger partial charge in [0.15, 0.2) is 0 Å². The zero-order valence-corrected chi connectivity index (χ0v) is 16.1. The molecule has 0 radical (unpaired) electrons. The minimum absolute atomic E-state index is 0.0744. The van der Waals surface area contributed by atoms with Crippen LogP contribution in [-0.4, -0.2) is 48.5 Å². The molecule has 1 atom stereocenters. The highest BCUT2D eigenvalue weighted by Gasteiger charge is 2.34. The summed E-state index contributed by atoms with van der Waals surface area (Å²) < 4.78 is 37.9. The summed E-state index contributed by atoms with van der Waals surface area (Å²) in [6, 6.07) is 1.92. The Morgan fingerprint density at radius 2 is 2.18 bits per heavy atom. The van der Waals surface area contributed by atoms with Crippen molar-refractivity contribution in [2.45, 2.75) is 44.4 Å². The van der Waals surface area contributed by atoms with Gasteiger partial charge in [-0.2, -0.15) is 13.2 Å². The molecule has 28 heavy (non-hydrogen) atoms. The van der Waals surface area contributed by atoms with Crippen LogP contribution in [0.25, 0.3) is 0 Å². The molecule has 9 heteroatoms. The second-order valence-corrected chi connectivity index (χ2v) is 7.17. The average molecular weight is 395 g/mol. The van der Waals surface area contributed by atoms with Gasteiger partial charge in [-0.05, 0) is 51.6 Å². The normalized spacial score (nSPS) is 20.1. The first-order valence-electron chi connectivity index (χ1n) is 8.79. The highest BCUT2D eigenvalue weighted by molar-refractivity contribution is 6.08. The molecule has 0 bridgehead atoms. The molecule has 1 aromatic rings. The SMILES string of the molecule is C=N/C(=C\C(=NC)c1ccc(C(F)(F)F)nc1)CNC(=O)[C@@H]1CCC(C)(C)N1. The van der Waals surface area contributed by atoms with Gasteiger partial charge in [-0.1, -0.05) is 0 Å². The van der Waals surface area contributed by atoms with Gasteiger partial charge in [0.1, 0.15) is 5.69 Å². The van der Waals surface area contributed by atoms with Crippen LogP contribution in [0.15, 0.2) is 40.1 Å². The van der Waals surface area contributed by atoms with Crippen LogP contribution < -0.4 is 10.6 Å². The molecular formula is C19H24F3N5O. The number of aliphatic imine (C=N–C) groups is 2. The van der Waals surface area contributed by atoms with Crippen LogP contribution >= 0.6 is 0 Å². The van der Waals surface area contributed by atoms with Crippen LogP contribution in [-0.2, 0) is 11.0 Å². The molecule has 2 N–H and O–H groups in total. The minimum atomic E-state index is -4.50. The number of rotatable bonds is 6. The van der Waals surface area contributed by atoms with Crippen molar-refractivity contribution in [3.05, 3.63) is 41.4 Å². The minimum Gasteiger partial charge on any atom is -0.349 e. The molecule has 1 saturated heterocycles. The van der Waals surface area contributed by atoms with E-state index in [1.165, 1.54) is 13.1 Å². The van der Waals surface area contributed by atoms with Gasteiger partial charge in [0, 0.05) is 24.3 Å². The van der Waals surface area contributed by atoms with Crippen molar-refractivity contribution in [2.24, 2.45) is 9.98 Å². The van der Waals surface area contributed by atoms with Crippen LogP contribution in [0.3, 0.4) is 0 Å². The average Bonchev–Trinajstić information content (AvgIpc) is 3.01. The molecule has 1 aliphatic rings. The molecule has 0 aromatic carbocycles. The smallest absolute Gasteiger partial charge is 0.349 e. The van der Waals surface area contributed by atoms with E-state index in [1.807, 2.05) is 13.8 Å². The lowest BCUT2D eigenvalue weighted by atomic mass is 10.0. The molecule has 6 nitrogen and oxygen atoms in total. The van der Waals surface area contributed by atoms with Gasteiger partial charge in [0.05, 0.1) is 24.0 Å². The Bertz CT molecular complexity index is 782. The Kier molecular flexibility index (Phi) is 6.71. The Morgan fingerprint density at radius 3 is 2.64 bits per heavy atom. The van der Waals surface area contributed by atoms with Crippen molar-refractivity contribution in [1.29, 1.82) is 0 Å². The number of hydrogen-bond donors (Lipinski definition) is 2. The predicted octanol–water partition coefficient (Wildman–Crippen LogP) is 2.75. The third-order valence-electron chi connectivity index (χ3n) is 4.48. The lowest BCUT2D eigenvalue weighted by molar-refractivity contribution is -0.141. The van der Waals surface area contributed by atoms with Gasteiger partial charge >= 0.3 is 6.18 Å². The van der Waals surface area contributed by atoms with E-state index in [0.717, 1.165) is 25.1 Å². The molecule has 1 aliphatic heterocycles. The Hall–Kier alpha value is -2.55. The van der Waals surface area contributed by atoms with Crippen LogP contribution in [0, 0.1) is 0 Å². The van der Waals surface area contributed by atoms with E-state index in [9.17, 15) is 18.0 Å². The number of pyridine rings is 1. The van der Waals surface area contributed by atoms with E-state index < -0.39 is 11.9 Å².